The van der Waals surface area contributed by atoms with Gasteiger partial charge in [0.05, 0.1) is 6.04 Å². The predicted molar refractivity (Wildman–Crippen MR) is 157 cm³/mol. The van der Waals surface area contributed by atoms with Gasteiger partial charge in [-0.15, -0.1) is 0 Å². The summed E-state index contributed by atoms with van der Waals surface area (Å²) >= 11 is 0. The first-order valence-corrected chi connectivity index (χ1v) is 14.5. The number of phenolic OH excluding ortho intramolecular Hbond substituents is 2. The minimum absolute atomic E-state index is 0.0461. The van der Waals surface area contributed by atoms with Crippen LogP contribution in [0.4, 0.5) is 0 Å². The maximum absolute atomic E-state index is 13.9. The number of aliphatic hydroxyl groups is 2. The van der Waals surface area contributed by atoms with E-state index in [1.54, 1.807) is 24.3 Å². The average Bonchev–Trinajstić information content (AvgIpc) is 3.48. The van der Waals surface area contributed by atoms with Crippen molar-refractivity contribution in [2.24, 2.45) is 5.73 Å². The highest BCUT2D eigenvalue weighted by Crippen LogP contribution is 2.22. The molecule has 0 radical (unpaired) electrons. The molecule has 0 spiro atoms. The number of hydrogen-bond donors (Lipinski definition) is 8. The van der Waals surface area contributed by atoms with Crippen LogP contribution in [0.25, 0.3) is 0 Å². The summed E-state index contributed by atoms with van der Waals surface area (Å²) in [4.78, 5) is 43.0. The number of amides is 3. The number of benzene rings is 2. The Morgan fingerprint density at radius 1 is 0.930 bits per heavy atom. The van der Waals surface area contributed by atoms with Crippen molar-refractivity contribution < 1.29 is 34.8 Å². The first kappa shape index (κ1) is 31.6. The standard InChI is InChI=1S/C30H40N6O7/c31-30(32)36-16-1-3-22(28(36)42)33-26(40)24-4-2-15-35(24)29(43)23(17-19-7-12-21(38)13-8-19)34-27(41)25(39)14-9-18-5-10-20(37)11-6-18/h5-8,10-13,22-25,28,37-39,42H,1-4,9,14-17H2,(H3,31,32)(H,33,40)(H,34,41)/t22-,23+,24-,25?,28?/m0/s1. The van der Waals surface area contributed by atoms with Crippen molar-refractivity contribution >= 4 is 23.7 Å². The normalized spacial score (nSPS) is 21.6. The first-order chi connectivity index (χ1) is 20.5. The molecule has 3 amide bonds. The van der Waals surface area contributed by atoms with Crippen molar-refractivity contribution in [2.45, 2.75) is 75.4 Å². The second kappa shape index (κ2) is 14.2. The molecule has 13 nitrogen and oxygen atoms in total. The van der Waals surface area contributed by atoms with Crippen molar-refractivity contribution in [1.82, 2.24) is 20.4 Å². The number of guanidine groups is 1. The molecule has 43 heavy (non-hydrogen) atoms. The molecule has 4 rings (SSSR count). The van der Waals surface area contributed by atoms with Crippen LogP contribution in [0.2, 0.25) is 0 Å². The molecule has 5 atom stereocenters. The fourth-order valence-electron chi connectivity index (χ4n) is 5.60. The van der Waals surface area contributed by atoms with Gasteiger partial charge in [-0.2, -0.15) is 0 Å². The summed E-state index contributed by atoms with van der Waals surface area (Å²) in [5.74, 6) is -1.79. The number of carbonyl (C=O) groups is 3. The highest BCUT2D eigenvalue weighted by Gasteiger charge is 2.40. The summed E-state index contributed by atoms with van der Waals surface area (Å²) in [6, 6.07) is 10.0. The van der Waals surface area contributed by atoms with E-state index in [4.69, 9.17) is 11.1 Å². The molecule has 2 aliphatic heterocycles. The summed E-state index contributed by atoms with van der Waals surface area (Å²) in [5.41, 5.74) is 7.04. The Morgan fingerprint density at radius 2 is 1.51 bits per heavy atom. The molecule has 2 aromatic carbocycles. The van der Waals surface area contributed by atoms with Gasteiger partial charge >= 0.3 is 0 Å². The SMILES string of the molecule is N=C(N)N1CCC[C@H](NC(=O)[C@@H]2CCCN2C(=O)[C@@H](Cc2ccc(O)cc2)NC(=O)C(O)CCc2ccc(O)cc2)C1O. The fraction of sp³-hybridized carbons (Fsp3) is 0.467. The molecule has 2 aliphatic rings. The predicted octanol–water partition coefficient (Wildman–Crippen LogP) is -0.0977. The van der Waals surface area contributed by atoms with E-state index in [2.05, 4.69) is 10.6 Å². The number of nitrogens with two attached hydrogens (primary N) is 1. The summed E-state index contributed by atoms with van der Waals surface area (Å²) in [6.07, 6.45) is 0.0145. The van der Waals surface area contributed by atoms with E-state index in [-0.39, 0.29) is 36.8 Å². The lowest BCUT2D eigenvalue weighted by atomic mass is 10.0. The molecule has 13 heteroatoms. The Morgan fingerprint density at radius 3 is 2.14 bits per heavy atom. The van der Waals surface area contributed by atoms with Gasteiger partial charge in [0.15, 0.2) is 5.96 Å². The van der Waals surface area contributed by atoms with Crippen LogP contribution in [0.3, 0.4) is 0 Å². The number of nitrogens with one attached hydrogen (secondary N) is 3. The molecule has 9 N–H and O–H groups in total. The largest absolute Gasteiger partial charge is 0.508 e. The monoisotopic (exact) mass is 596 g/mol. The molecular weight excluding hydrogens is 556 g/mol. The third-order valence-electron chi connectivity index (χ3n) is 8.01. The van der Waals surface area contributed by atoms with Crippen LogP contribution >= 0.6 is 0 Å². The van der Waals surface area contributed by atoms with E-state index in [0.717, 1.165) is 5.56 Å². The van der Waals surface area contributed by atoms with Crippen LogP contribution in [0.15, 0.2) is 48.5 Å². The molecule has 2 fully saturated rings. The lowest BCUT2D eigenvalue weighted by Gasteiger charge is -2.39. The molecule has 0 aromatic heterocycles. The van der Waals surface area contributed by atoms with Gasteiger partial charge in [0.2, 0.25) is 17.7 Å². The Kier molecular flexibility index (Phi) is 10.4. The van der Waals surface area contributed by atoms with Gasteiger partial charge in [0.25, 0.3) is 0 Å². The van der Waals surface area contributed by atoms with Crippen LogP contribution in [-0.2, 0) is 27.2 Å². The lowest BCUT2D eigenvalue weighted by Crippen LogP contribution is -2.61. The number of aryl methyl sites for hydroxylation is 1. The van der Waals surface area contributed by atoms with Gasteiger partial charge in [-0.1, -0.05) is 24.3 Å². The fourth-order valence-corrected chi connectivity index (χ4v) is 5.60. The van der Waals surface area contributed by atoms with Crippen LogP contribution in [-0.4, -0.2) is 97.5 Å². The topological polar surface area (TPSA) is 213 Å². The molecule has 0 aliphatic carbocycles. The number of likely N-dealkylation sites (tertiary alicyclic amines) is 2. The molecule has 0 saturated carbocycles. The third-order valence-corrected chi connectivity index (χ3v) is 8.01. The number of nitrogens with zero attached hydrogens (tertiary/aromatic N) is 2. The molecule has 2 saturated heterocycles. The van der Waals surface area contributed by atoms with Gasteiger partial charge in [-0.05, 0) is 73.9 Å². The van der Waals surface area contributed by atoms with Gasteiger partial charge in [-0.25, -0.2) is 0 Å². The smallest absolute Gasteiger partial charge is 0.249 e. The maximum Gasteiger partial charge on any atom is 0.249 e. The Bertz CT molecular complexity index is 1290. The second-order valence-corrected chi connectivity index (χ2v) is 11.1. The number of hydrogen-bond acceptors (Lipinski definition) is 8. The van der Waals surface area contributed by atoms with E-state index in [9.17, 15) is 34.8 Å². The number of aromatic hydroxyl groups is 2. The first-order valence-electron chi connectivity index (χ1n) is 14.5. The number of carbonyl (C=O) groups excluding carboxylic acids is 3. The number of aliphatic hydroxyl groups excluding tert-OH is 2. The van der Waals surface area contributed by atoms with E-state index in [0.29, 0.717) is 44.2 Å². The van der Waals surface area contributed by atoms with Crippen LogP contribution in [0.1, 0.15) is 43.2 Å². The van der Waals surface area contributed by atoms with Crippen molar-refractivity contribution in [3.8, 4) is 11.5 Å². The summed E-state index contributed by atoms with van der Waals surface area (Å²) in [6.45, 7) is 0.686. The highest BCUT2D eigenvalue weighted by molar-refractivity contribution is 5.93. The molecule has 232 valence electrons. The maximum atomic E-state index is 13.9. The minimum Gasteiger partial charge on any atom is -0.508 e. The quantitative estimate of drug-likeness (QED) is 0.136. The van der Waals surface area contributed by atoms with Crippen LogP contribution in [0, 0.1) is 5.41 Å². The van der Waals surface area contributed by atoms with Crippen LogP contribution in [0.5, 0.6) is 11.5 Å². The van der Waals surface area contributed by atoms with Crippen molar-refractivity contribution in [2.75, 3.05) is 13.1 Å². The number of rotatable bonds is 10. The minimum atomic E-state index is -1.40. The molecule has 2 heterocycles. The van der Waals surface area contributed by atoms with Crippen molar-refractivity contribution in [1.29, 1.82) is 5.41 Å². The van der Waals surface area contributed by atoms with Crippen LogP contribution < -0.4 is 16.4 Å². The van der Waals surface area contributed by atoms with Gasteiger partial charge < -0.3 is 46.6 Å². The molecular formula is C30H40N6O7. The summed E-state index contributed by atoms with van der Waals surface area (Å²) in [5, 5.41) is 53.5. The van der Waals surface area contributed by atoms with E-state index < -0.39 is 48.2 Å². The van der Waals surface area contributed by atoms with E-state index in [1.807, 2.05) is 0 Å². The van der Waals surface area contributed by atoms with Gasteiger partial charge in [-0.3, -0.25) is 19.8 Å². The van der Waals surface area contributed by atoms with Crippen molar-refractivity contribution in [3.63, 3.8) is 0 Å². The zero-order valence-electron chi connectivity index (χ0n) is 23.9. The van der Waals surface area contributed by atoms with E-state index in [1.165, 1.54) is 34.1 Å². The van der Waals surface area contributed by atoms with Gasteiger partial charge in [0.1, 0.15) is 35.9 Å². The Hall–Kier alpha value is -4.36. The average molecular weight is 597 g/mol. The summed E-state index contributed by atoms with van der Waals surface area (Å²) in [7, 11) is 0. The Labute approximate surface area is 249 Å². The highest BCUT2D eigenvalue weighted by atomic mass is 16.3. The zero-order valence-corrected chi connectivity index (χ0v) is 23.9. The van der Waals surface area contributed by atoms with Crippen molar-refractivity contribution in [3.05, 3.63) is 59.7 Å². The lowest BCUT2D eigenvalue weighted by molar-refractivity contribution is -0.143. The van der Waals surface area contributed by atoms with Gasteiger partial charge in [0, 0.05) is 19.5 Å². The third kappa shape index (κ3) is 8.14. The molecule has 2 unspecified atom stereocenters. The number of phenols is 2. The Balaban J connectivity index is 1.45. The summed E-state index contributed by atoms with van der Waals surface area (Å²) < 4.78 is 0. The molecule has 0 bridgehead atoms. The molecule has 2 aromatic rings. The second-order valence-electron chi connectivity index (χ2n) is 11.1. The zero-order chi connectivity index (χ0) is 31.1. The number of piperidine rings is 1. The van der Waals surface area contributed by atoms with E-state index >= 15 is 0 Å².